The Morgan fingerprint density at radius 2 is 2.00 bits per heavy atom. The van der Waals surface area contributed by atoms with Crippen molar-refractivity contribution in [1.82, 2.24) is 0 Å². The molecule has 0 aromatic carbocycles. The first-order valence-corrected chi connectivity index (χ1v) is 5.25. The Morgan fingerprint density at radius 3 is 2.38 bits per heavy atom. The van der Waals surface area contributed by atoms with Gasteiger partial charge in [0.1, 0.15) is 11.5 Å². The van der Waals surface area contributed by atoms with Crippen LogP contribution in [0.4, 0.5) is 0 Å². The zero-order valence-corrected chi connectivity index (χ0v) is 8.71. The van der Waals surface area contributed by atoms with Gasteiger partial charge in [-0.05, 0) is 43.7 Å². The normalized spacial score (nSPS) is 19.4. The number of hydrogen-bond donors (Lipinski definition) is 0. The van der Waals surface area contributed by atoms with Gasteiger partial charge in [0.05, 0.1) is 0 Å². The summed E-state index contributed by atoms with van der Waals surface area (Å²) in [5, 5.41) is 0. The van der Waals surface area contributed by atoms with Gasteiger partial charge in [-0.1, -0.05) is 13.8 Å². The van der Waals surface area contributed by atoms with Gasteiger partial charge in [-0.25, -0.2) is 0 Å². The Morgan fingerprint density at radius 1 is 1.31 bits per heavy atom. The quantitative estimate of drug-likeness (QED) is 0.687. The topological polar surface area (TPSA) is 13.1 Å². The highest BCUT2D eigenvalue weighted by molar-refractivity contribution is 5.14. The summed E-state index contributed by atoms with van der Waals surface area (Å²) in [5.41, 5.74) is 0. The van der Waals surface area contributed by atoms with Crippen LogP contribution in [0.25, 0.3) is 0 Å². The van der Waals surface area contributed by atoms with Crippen LogP contribution in [0.2, 0.25) is 0 Å². The highest BCUT2D eigenvalue weighted by Crippen LogP contribution is 2.46. The lowest BCUT2D eigenvalue weighted by Gasteiger charge is -2.17. The minimum atomic E-state index is 0.661. The number of rotatable bonds is 3. The van der Waals surface area contributed by atoms with Crippen molar-refractivity contribution < 1.29 is 4.42 Å². The van der Waals surface area contributed by atoms with E-state index in [1.165, 1.54) is 18.6 Å². The molecule has 1 aliphatic carbocycles. The van der Waals surface area contributed by atoms with Crippen molar-refractivity contribution in [3.8, 4) is 0 Å². The van der Waals surface area contributed by atoms with Crippen LogP contribution in [0.1, 0.15) is 44.1 Å². The molecule has 2 rings (SSSR count). The first-order chi connectivity index (χ1) is 6.18. The average molecular weight is 178 g/mol. The summed E-state index contributed by atoms with van der Waals surface area (Å²) in [6, 6.07) is 4.23. The lowest BCUT2D eigenvalue weighted by Crippen LogP contribution is -2.07. The lowest BCUT2D eigenvalue weighted by molar-refractivity contribution is 0.357. The zero-order valence-electron chi connectivity index (χ0n) is 8.71. The molecule has 0 bridgehead atoms. The van der Waals surface area contributed by atoms with Crippen LogP contribution < -0.4 is 0 Å². The van der Waals surface area contributed by atoms with Crippen LogP contribution in [-0.4, -0.2) is 0 Å². The van der Waals surface area contributed by atoms with Crippen molar-refractivity contribution in [3.63, 3.8) is 0 Å². The van der Waals surface area contributed by atoms with Crippen LogP contribution in [-0.2, 0) is 0 Å². The van der Waals surface area contributed by atoms with E-state index in [4.69, 9.17) is 4.42 Å². The maximum atomic E-state index is 5.71. The number of furan rings is 1. The summed E-state index contributed by atoms with van der Waals surface area (Å²) in [6.45, 7) is 6.61. The summed E-state index contributed by atoms with van der Waals surface area (Å²) in [4.78, 5) is 0. The van der Waals surface area contributed by atoms with E-state index in [2.05, 4.69) is 26.0 Å². The molecule has 1 saturated carbocycles. The standard InChI is InChI=1S/C12H18O/c1-8(2)12(10-5-6-10)11-7-4-9(3)13-11/h4,7-8,10,12H,5-6H2,1-3H3/t12-/m1/s1. The Balaban J connectivity index is 2.19. The molecular formula is C12H18O. The minimum Gasteiger partial charge on any atom is -0.466 e. The van der Waals surface area contributed by atoms with Crippen LogP contribution in [0, 0.1) is 18.8 Å². The zero-order chi connectivity index (χ0) is 9.42. The highest BCUT2D eigenvalue weighted by atomic mass is 16.3. The molecular weight excluding hydrogens is 160 g/mol. The Kier molecular flexibility index (Phi) is 2.19. The molecule has 1 nitrogen and oxygen atoms in total. The highest BCUT2D eigenvalue weighted by Gasteiger charge is 2.35. The van der Waals surface area contributed by atoms with Crippen LogP contribution >= 0.6 is 0 Å². The van der Waals surface area contributed by atoms with E-state index >= 15 is 0 Å². The van der Waals surface area contributed by atoms with Crippen molar-refractivity contribution in [2.24, 2.45) is 11.8 Å². The summed E-state index contributed by atoms with van der Waals surface area (Å²) in [6.07, 6.45) is 2.78. The molecule has 1 aromatic rings. The van der Waals surface area contributed by atoms with Crippen molar-refractivity contribution >= 4 is 0 Å². The third-order valence-electron chi connectivity index (χ3n) is 2.94. The third kappa shape index (κ3) is 1.79. The maximum Gasteiger partial charge on any atom is 0.107 e. The SMILES string of the molecule is Cc1ccc([C@H](C(C)C)C2CC2)o1. The second-order valence-corrected chi connectivity index (χ2v) is 4.56. The smallest absolute Gasteiger partial charge is 0.107 e. The van der Waals surface area contributed by atoms with E-state index in [1.807, 2.05) is 6.92 Å². The van der Waals surface area contributed by atoms with E-state index in [1.54, 1.807) is 0 Å². The Hall–Kier alpha value is -0.720. The van der Waals surface area contributed by atoms with Gasteiger partial charge in [-0.15, -0.1) is 0 Å². The minimum absolute atomic E-state index is 0.661. The van der Waals surface area contributed by atoms with Gasteiger partial charge < -0.3 is 4.42 Å². The largest absolute Gasteiger partial charge is 0.466 e. The molecule has 0 radical (unpaired) electrons. The molecule has 0 saturated heterocycles. The van der Waals surface area contributed by atoms with Crippen molar-refractivity contribution in [2.75, 3.05) is 0 Å². The molecule has 1 aromatic heterocycles. The number of aryl methyl sites for hydroxylation is 1. The van der Waals surface area contributed by atoms with Crippen LogP contribution in [0.3, 0.4) is 0 Å². The average Bonchev–Trinajstić information content (AvgIpc) is 2.76. The van der Waals surface area contributed by atoms with E-state index in [0.29, 0.717) is 11.8 Å². The van der Waals surface area contributed by atoms with Gasteiger partial charge in [0.2, 0.25) is 0 Å². The molecule has 0 spiro atoms. The monoisotopic (exact) mass is 178 g/mol. The Labute approximate surface area is 80.1 Å². The second-order valence-electron chi connectivity index (χ2n) is 4.56. The summed E-state index contributed by atoms with van der Waals surface area (Å²) in [7, 11) is 0. The summed E-state index contributed by atoms with van der Waals surface area (Å²) >= 11 is 0. The predicted molar refractivity (Wildman–Crippen MR) is 53.7 cm³/mol. The van der Waals surface area contributed by atoms with E-state index < -0.39 is 0 Å². The fourth-order valence-corrected chi connectivity index (χ4v) is 2.19. The van der Waals surface area contributed by atoms with Gasteiger partial charge in [-0.3, -0.25) is 0 Å². The first-order valence-electron chi connectivity index (χ1n) is 5.25. The van der Waals surface area contributed by atoms with Gasteiger partial charge in [0, 0.05) is 5.92 Å². The van der Waals surface area contributed by atoms with Gasteiger partial charge in [-0.2, -0.15) is 0 Å². The molecule has 0 aliphatic heterocycles. The molecule has 0 amide bonds. The fourth-order valence-electron chi connectivity index (χ4n) is 2.19. The van der Waals surface area contributed by atoms with E-state index in [-0.39, 0.29) is 0 Å². The molecule has 1 fully saturated rings. The van der Waals surface area contributed by atoms with Gasteiger partial charge >= 0.3 is 0 Å². The predicted octanol–water partition coefficient (Wildman–Crippen LogP) is 3.74. The van der Waals surface area contributed by atoms with E-state index in [9.17, 15) is 0 Å². The van der Waals surface area contributed by atoms with Gasteiger partial charge in [0.25, 0.3) is 0 Å². The van der Waals surface area contributed by atoms with E-state index in [0.717, 1.165) is 11.7 Å². The maximum absolute atomic E-state index is 5.71. The van der Waals surface area contributed by atoms with Crippen LogP contribution in [0.15, 0.2) is 16.5 Å². The van der Waals surface area contributed by atoms with Crippen molar-refractivity contribution in [3.05, 3.63) is 23.7 Å². The molecule has 0 unspecified atom stereocenters. The number of hydrogen-bond acceptors (Lipinski definition) is 1. The fraction of sp³-hybridized carbons (Fsp3) is 0.667. The summed E-state index contributed by atoms with van der Waals surface area (Å²) < 4.78 is 5.71. The molecule has 1 heterocycles. The van der Waals surface area contributed by atoms with Crippen molar-refractivity contribution in [1.29, 1.82) is 0 Å². The molecule has 1 atom stereocenters. The molecule has 72 valence electrons. The van der Waals surface area contributed by atoms with Crippen molar-refractivity contribution in [2.45, 2.75) is 39.5 Å². The molecule has 1 aliphatic rings. The lowest BCUT2D eigenvalue weighted by atomic mass is 9.89. The second kappa shape index (κ2) is 3.21. The van der Waals surface area contributed by atoms with Gasteiger partial charge in [0.15, 0.2) is 0 Å². The van der Waals surface area contributed by atoms with Crippen LogP contribution in [0.5, 0.6) is 0 Å². The third-order valence-corrected chi connectivity index (χ3v) is 2.94. The molecule has 0 N–H and O–H groups in total. The first kappa shape index (κ1) is 8.86. The summed E-state index contributed by atoms with van der Waals surface area (Å²) in [5.74, 6) is 4.51. The Bertz CT molecular complexity index is 279. The molecule has 1 heteroatoms. The molecule has 13 heavy (non-hydrogen) atoms.